The minimum absolute atomic E-state index is 0.0580. The van der Waals surface area contributed by atoms with Gasteiger partial charge in [-0.05, 0) is 64.2 Å². The highest BCUT2D eigenvalue weighted by Gasteiger charge is 2.27. The van der Waals surface area contributed by atoms with E-state index in [1.54, 1.807) is 6.08 Å². The molecule has 9 heteroatoms. The fourth-order valence-corrected chi connectivity index (χ4v) is 7.52. The maximum absolute atomic E-state index is 12.9. The predicted molar refractivity (Wildman–Crippen MR) is 258 cm³/mol. The summed E-state index contributed by atoms with van der Waals surface area (Å²) in [4.78, 5) is 23.2. The quantitative estimate of drug-likeness (QED) is 0.0244. The van der Waals surface area contributed by atoms with Gasteiger partial charge in [0.25, 0.3) is 0 Å². The van der Waals surface area contributed by atoms with Gasteiger partial charge in [0.2, 0.25) is 5.91 Å². The van der Waals surface area contributed by atoms with Crippen LogP contribution >= 0.6 is 7.82 Å². The SMILES string of the molecule is CCCCC/C=C\C/C=C\C/C=C\C/C=C\CCCCCCCCCCCC(=O)NC(COP(=O)(O)OCC[N+](C)(C)C)C(O)/C=C/CCCCCCCCCCCCC. The van der Waals surface area contributed by atoms with E-state index >= 15 is 0 Å². The molecule has 0 aromatic carbocycles. The van der Waals surface area contributed by atoms with Gasteiger partial charge in [0.1, 0.15) is 13.2 Å². The van der Waals surface area contributed by atoms with Crippen LogP contribution < -0.4 is 5.32 Å². The minimum atomic E-state index is -4.34. The van der Waals surface area contributed by atoms with Gasteiger partial charge in [-0.1, -0.05) is 197 Å². The first-order valence-electron chi connectivity index (χ1n) is 24.7. The molecule has 60 heavy (non-hydrogen) atoms. The van der Waals surface area contributed by atoms with Crippen molar-refractivity contribution in [1.29, 1.82) is 0 Å². The van der Waals surface area contributed by atoms with E-state index in [-0.39, 0.29) is 19.1 Å². The van der Waals surface area contributed by atoms with Gasteiger partial charge in [0, 0.05) is 6.42 Å². The topological polar surface area (TPSA) is 105 Å². The molecule has 1 amide bonds. The van der Waals surface area contributed by atoms with Crippen molar-refractivity contribution in [2.45, 2.75) is 219 Å². The van der Waals surface area contributed by atoms with Crippen molar-refractivity contribution < 1.29 is 32.9 Å². The van der Waals surface area contributed by atoms with Crippen molar-refractivity contribution in [3.8, 4) is 0 Å². The molecule has 0 radical (unpaired) electrons. The fraction of sp³-hybridized carbons (Fsp3) is 0.784. The average Bonchev–Trinajstić information content (AvgIpc) is 3.20. The number of aliphatic hydroxyl groups excluding tert-OH is 1. The summed E-state index contributed by atoms with van der Waals surface area (Å²) in [6.07, 6.45) is 55.7. The Hall–Kier alpha value is -1.80. The van der Waals surface area contributed by atoms with Crippen molar-refractivity contribution in [3.05, 3.63) is 60.8 Å². The summed E-state index contributed by atoms with van der Waals surface area (Å²) < 4.78 is 23.6. The van der Waals surface area contributed by atoms with Gasteiger partial charge in [-0.2, -0.15) is 0 Å². The highest BCUT2D eigenvalue weighted by atomic mass is 31.2. The van der Waals surface area contributed by atoms with Crippen LogP contribution in [0.2, 0.25) is 0 Å². The number of phosphoric ester groups is 1. The van der Waals surface area contributed by atoms with Crippen molar-refractivity contribution in [3.63, 3.8) is 0 Å². The van der Waals surface area contributed by atoms with Crippen LogP contribution in [-0.2, 0) is 18.4 Å². The normalized spacial score (nSPS) is 14.7. The third kappa shape index (κ3) is 44.3. The zero-order chi connectivity index (χ0) is 44.3. The number of carbonyl (C=O) groups excluding carboxylic acids is 1. The Bertz CT molecular complexity index is 1160. The molecule has 0 aliphatic carbocycles. The summed E-state index contributed by atoms with van der Waals surface area (Å²) in [5.74, 6) is -0.186. The molecular weight excluding hydrogens is 768 g/mol. The van der Waals surface area contributed by atoms with E-state index in [2.05, 4.69) is 67.8 Å². The van der Waals surface area contributed by atoms with E-state index in [1.807, 2.05) is 27.2 Å². The number of hydrogen-bond acceptors (Lipinski definition) is 5. The molecule has 0 aromatic rings. The van der Waals surface area contributed by atoms with Crippen molar-refractivity contribution >= 4 is 13.7 Å². The number of aliphatic hydroxyl groups is 1. The molecule has 0 saturated heterocycles. The van der Waals surface area contributed by atoms with Crippen LogP contribution in [0.4, 0.5) is 0 Å². The van der Waals surface area contributed by atoms with Crippen LogP contribution in [-0.4, -0.2) is 73.4 Å². The highest BCUT2D eigenvalue weighted by molar-refractivity contribution is 7.47. The molecule has 0 aliphatic heterocycles. The molecule has 0 saturated carbocycles. The van der Waals surface area contributed by atoms with Crippen LogP contribution in [0, 0.1) is 0 Å². The smallest absolute Gasteiger partial charge is 0.387 e. The molecule has 350 valence electrons. The Kier molecular flexibility index (Phi) is 41.2. The van der Waals surface area contributed by atoms with Crippen LogP contribution in [0.3, 0.4) is 0 Å². The Morgan fingerprint density at radius 2 is 0.950 bits per heavy atom. The molecule has 0 spiro atoms. The van der Waals surface area contributed by atoms with E-state index in [0.29, 0.717) is 17.4 Å². The lowest BCUT2D eigenvalue weighted by Crippen LogP contribution is -2.45. The first-order valence-corrected chi connectivity index (χ1v) is 26.2. The number of amides is 1. The summed E-state index contributed by atoms with van der Waals surface area (Å²) in [6, 6.07) is -0.851. The van der Waals surface area contributed by atoms with Crippen LogP contribution in [0.15, 0.2) is 60.8 Å². The molecule has 0 aromatic heterocycles. The zero-order valence-corrected chi connectivity index (χ0v) is 40.6. The number of phosphoric acid groups is 1. The number of likely N-dealkylation sites (N-methyl/N-ethyl adjacent to an activating group) is 1. The van der Waals surface area contributed by atoms with Crippen LogP contribution in [0.5, 0.6) is 0 Å². The second kappa shape index (κ2) is 42.5. The van der Waals surface area contributed by atoms with Gasteiger partial charge in [0.05, 0.1) is 39.9 Å². The third-order valence-corrected chi connectivity index (χ3v) is 11.7. The molecule has 3 N–H and O–H groups in total. The second-order valence-corrected chi connectivity index (χ2v) is 19.3. The van der Waals surface area contributed by atoms with E-state index in [9.17, 15) is 19.4 Å². The summed E-state index contributed by atoms with van der Waals surface area (Å²) in [7, 11) is 1.56. The fourth-order valence-electron chi connectivity index (χ4n) is 6.79. The summed E-state index contributed by atoms with van der Waals surface area (Å²) in [6.45, 7) is 4.77. The van der Waals surface area contributed by atoms with E-state index < -0.39 is 20.0 Å². The first-order chi connectivity index (χ1) is 29.0. The molecule has 8 nitrogen and oxygen atoms in total. The molecule has 3 unspecified atom stereocenters. The largest absolute Gasteiger partial charge is 0.472 e. The van der Waals surface area contributed by atoms with Gasteiger partial charge in [-0.25, -0.2) is 4.57 Å². The molecule has 0 fully saturated rings. The Labute approximate surface area is 371 Å². The van der Waals surface area contributed by atoms with E-state index in [1.165, 1.54) is 122 Å². The number of nitrogens with zero attached hydrogens (tertiary/aromatic N) is 1. The molecule has 0 aliphatic rings. The average molecular weight is 864 g/mol. The molecule has 0 bridgehead atoms. The number of rotatable bonds is 44. The monoisotopic (exact) mass is 864 g/mol. The lowest BCUT2D eigenvalue weighted by molar-refractivity contribution is -0.870. The summed E-state index contributed by atoms with van der Waals surface area (Å²) in [5, 5.41) is 13.8. The number of quaternary nitrogens is 1. The van der Waals surface area contributed by atoms with Crippen molar-refractivity contribution in [2.24, 2.45) is 0 Å². The third-order valence-electron chi connectivity index (χ3n) is 10.7. The molecular formula is C51H96N2O6P+. The number of unbranched alkanes of at least 4 members (excludes halogenated alkanes) is 23. The van der Waals surface area contributed by atoms with Gasteiger partial charge in [0.15, 0.2) is 0 Å². The zero-order valence-electron chi connectivity index (χ0n) is 39.7. The lowest BCUT2D eigenvalue weighted by Gasteiger charge is -2.25. The molecule has 3 atom stereocenters. The first kappa shape index (κ1) is 58.2. The Morgan fingerprint density at radius 1 is 0.567 bits per heavy atom. The Balaban J connectivity index is 4.29. The number of carbonyl (C=O) groups is 1. The Morgan fingerprint density at radius 3 is 1.42 bits per heavy atom. The predicted octanol–water partition coefficient (Wildman–Crippen LogP) is 14.2. The summed E-state index contributed by atoms with van der Waals surface area (Å²) >= 11 is 0. The lowest BCUT2D eigenvalue weighted by atomic mass is 10.0. The second-order valence-electron chi connectivity index (χ2n) is 17.8. The van der Waals surface area contributed by atoms with Gasteiger partial charge in [-0.3, -0.25) is 13.8 Å². The maximum atomic E-state index is 12.9. The van der Waals surface area contributed by atoms with Gasteiger partial charge in [-0.15, -0.1) is 0 Å². The number of nitrogens with one attached hydrogen (secondary N) is 1. The number of hydrogen-bond donors (Lipinski definition) is 3. The van der Waals surface area contributed by atoms with Crippen molar-refractivity contribution in [1.82, 2.24) is 5.32 Å². The molecule has 0 rings (SSSR count). The van der Waals surface area contributed by atoms with E-state index in [0.717, 1.165) is 64.2 Å². The van der Waals surface area contributed by atoms with Crippen LogP contribution in [0.25, 0.3) is 0 Å². The van der Waals surface area contributed by atoms with Crippen molar-refractivity contribution in [2.75, 3.05) is 40.9 Å². The van der Waals surface area contributed by atoms with Crippen LogP contribution in [0.1, 0.15) is 206 Å². The summed E-state index contributed by atoms with van der Waals surface area (Å²) in [5.41, 5.74) is 0. The highest BCUT2D eigenvalue weighted by Crippen LogP contribution is 2.43. The standard InChI is InChI=1S/C51H95N2O6P/c1-6-8-10-12-14-16-18-20-21-22-23-24-25-26-27-28-29-30-31-33-35-37-39-41-43-45-51(55)52-49(48-59-60(56,57)58-47-46-53(3,4)5)50(54)44-42-40-38-36-34-32-19-17-15-13-11-9-7-2/h14,16,20-21,23-24,26-27,42,44,49-50,54H,6-13,15,17-19,22,25,28-41,43,45-48H2,1-5H3,(H-,52,55,56,57)/p+1/b16-14-,21-20-,24-23-,27-26-,44-42+. The van der Waals surface area contributed by atoms with Gasteiger partial charge >= 0.3 is 7.82 Å². The van der Waals surface area contributed by atoms with Gasteiger partial charge < -0.3 is 19.8 Å². The maximum Gasteiger partial charge on any atom is 0.472 e. The van der Waals surface area contributed by atoms with E-state index in [4.69, 9.17) is 9.05 Å². The minimum Gasteiger partial charge on any atom is -0.387 e. The number of allylic oxidation sites excluding steroid dienone is 9. The molecule has 0 heterocycles.